The summed E-state index contributed by atoms with van der Waals surface area (Å²) in [5.74, 6) is -2.35. The number of rotatable bonds is 4. The van der Waals surface area contributed by atoms with Gasteiger partial charge in [0.25, 0.3) is 0 Å². The van der Waals surface area contributed by atoms with Crippen LogP contribution in [0.5, 0.6) is 0 Å². The van der Waals surface area contributed by atoms with Gasteiger partial charge >= 0.3 is 0 Å². The number of aryl methyl sites for hydroxylation is 1. The lowest BCUT2D eigenvalue weighted by molar-refractivity contribution is 0.0977. The summed E-state index contributed by atoms with van der Waals surface area (Å²) < 4.78 is 14.0. The van der Waals surface area contributed by atoms with E-state index in [1.165, 1.54) is 18.2 Å². The van der Waals surface area contributed by atoms with Gasteiger partial charge < -0.3 is 0 Å². The number of ketones is 1. The molecule has 1 atom stereocenters. The van der Waals surface area contributed by atoms with E-state index < -0.39 is 17.5 Å². The third kappa shape index (κ3) is 3.12. The first-order valence-corrected chi connectivity index (χ1v) is 6.93. The van der Waals surface area contributed by atoms with Gasteiger partial charge in [-0.1, -0.05) is 54.9 Å². The van der Waals surface area contributed by atoms with Crippen molar-refractivity contribution in [2.75, 3.05) is 0 Å². The van der Waals surface area contributed by atoms with Crippen LogP contribution < -0.4 is 0 Å². The lowest BCUT2D eigenvalue weighted by atomic mass is 9.91. The molecular formula is C17H13ClFNO. The smallest absolute Gasteiger partial charge is 0.184 e. The first-order chi connectivity index (χ1) is 10.1. The van der Waals surface area contributed by atoms with Crippen LogP contribution in [-0.2, 0) is 6.42 Å². The Hall–Kier alpha value is -2.18. The van der Waals surface area contributed by atoms with Gasteiger partial charge in [-0.2, -0.15) is 5.26 Å². The van der Waals surface area contributed by atoms with Crippen LogP contribution >= 0.6 is 11.6 Å². The van der Waals surface area contributed by atoms with Crippen molar-refractivity contribution in [3.05, 3.63) is 70.0 Å². The summed E-state index contributed by atoms with van der Waals surface area (Å²) in [7, 11) is 0. The van der Waals surface area contributed by atoms with E-state index >= 15 is 0 Å². The van der Waals surface area contributed by atoms with Gasteiger partial charge in [-0.15, -0.1) is 0 Å². The number of carbonyl (C=O) groups excluding carboxylic acids is 1. The number of Topliss-reactive ketones (excluding diaryl/α,β-unsaturated/α-hetero) is 1. The minimum atomic E-state index is -1.20. The molecule has 0 bridgehead atoms. The average Bonchev–Trinajstić information content (AvgIpc) is 2.52. The molecule has 0 heterocycles. The van der Waals surface area contributed by atoms with Crippen LogP contribution in [0.3, 0.4) is 0 Å². The molecule has 4 heteroatoms. The Morgan fingerprint density at radius 2 is 1.95 bits per heavy atom. The number of nitrogens with zero attached hydrogens (tertiary/aromatic N) is 1. The summed E-state index contributed by atoms with van der Waals surface area (Å²) in [6.45, 7) is 2.01. The summed E-state index contributed by atoms with van der Waals surface area (Å²) in [6, 6.07) is 13.2. The van der Waals surface area contributed by atoms with E-state index in [4.69, 9.17) is 11.6 Å². The highest BCUT2D eigenvalue weighted by molar-refractivity contribution is 6.30. The SMILES string of the molecule is CCc1ccc(C(=O)C(C#N)c2cccc(Cl)c2F)cc1. The Morgan fingerprint density at radius 1 is 1.29 bits per heavy atom. The van der Waals surface area contributed by atoms with E-state index in [1.54, 1.807) is 12.1 Å². The van der Waals surface area contributed by atoms with Gasteiger partial charge in [-0.25, -0.2) is 4.39 Å². The van der Waals surface area contributed by atoms with Crippen LogP contribution in [0.1, 0.15) is 34.3 Å². The van der Waals surface area contributed by atoms with E-state index in [0.717, 1.165) is 12.0 Å². The maximum atomic E-state index is 14.0. The molecule has 21 heavy (non-hydrogen) atoms. The second-order valence-corrected chi connectivity index (χ2v) is 5.03. The molecule has 0 radical (unpaired) electrons. The van der Waals surface area contributed by atoms with Gasteiger partial charge in [0.05, 0.1) is 11.1 Å². The van der Waals surface area contributed by atoms with Crippen molar-refractivity contribution in [3.63, 3.8) is 0 Å². The Kier molecular flexibility index (Phi) is 4.72. The first kappa shape index (κ1) is 15.2. The molecule has 0 spiro atoms. The van der Waals surface area contributed by atoms with Crippen molar-refractivity contribution in [2.45, 2.75) is 19.3 Å². The Morgan fingerprint density at radius 3 is 2.52 bits per heavy atom. The fourth-order valence-electron chi connectivity index (χ4n) is 2.08. The lowest BCUT2D eigenvalue weighted by Crippen LogP contribution is -2.13. The van der Waals surface area contributed by atoms with Crippen LogP contribution in [0, 0.1) is 17.1 Å². The van der Waals surface area contributed by atoms with E-state index in [2.05, 4.69) is 0 Å². The van der Waals surface area contributed by atoms with Gasteiger partial charge in [0.15, 0.2) is 5.78 Å². The Labute approximate surface area is 127 Å². The number of hydrogen-bond acceptors (Lipinski definition) is 2. The highest BCUT2D eigenvalue weighted by atomic mass is 35.5. The second kappa shape index (κ2) is 6.51. The molecule has 0 aliphatic heterocycles. The lowest BCUT2D eigenvalue weighted by Gasteiger charge is -2.11. The van der Waals surface area contributed by atoms with Gasteiger partial charge in [0.2, 0.25) is 0 Å². The average molecular weight is 302 g/mol. The monoisotopic (exact) mass is 301 g/mol. The normalized spacial score (nSPS) is 11.7. The third-order valence-corrected chi connectivity index (χ3v) is 3.62. The predicted octanol–water partition coefficient (Wildman–Crippen LogP) is 4.53. The summed E-state index contributed by atoms with van der Waals surface area (Å²) in [4.78, 5) is 12.4. The summed E-state index contributed by atoms with van der Waals surface area (Å²) in [5, 5.41) is 9.15. The maximum absolute atomic E-state index is 14.0. The van der Waals surface area contributed by atoms with Crippen molar-refractivity contribution in [1.82, 2.24) is 0 Å². The molecule has 0 aromatic heterocycles. The molecule has 2 aromatic rings. The Bertz CT molecular complexity index is 704. The zero-order valence-corrected chi connectivity index (χ0v) is 12.2. The molecule has 0 saturated carbocycles. The molecule has 0 fully saturated rings. The predicted molar refractivity (Wildman–Crippen MR) is 79.9 cm³/mol. The molecule has 0 N–H and O–H groups in total. The van der Waals surface area contributed by atoms with Gasteiger partial charge in [0.1, 0.15) is 11.7 Å². The largest absolute Gasteiger partial charge is 0.292 e. The van der Waals surface area contributed by atoms with Crippen LogP contribution in [0.15, 0.2) is 42.5 Å². The number of halogens is 2. The molecule has 0 aliphatic rings. The van der Waals surface area contributed by atoms with Gasteiger partial charge in [0, 0.05) is 11.1 Å². The van der Waals surface area contributed by atoms with Crippen molar-refractivity contribution in [3.8, 4) is 6.07 Å². The van der Waals surface area contributed by atoms with Gasteiger partial charge in [-0.05, 0) is 18.1 Å². The topological polar surface area (TPSA) is 40.9 Å². The summed E-state index contributed by atoms with van der Waals surface area (Å²) in [5.41, 5.74) is 1.49. The van der Waals surface area contributed by atoms with E-state index in [9.17, 15) is 14.4 Å². The molecular weight excluding hydrogens is 289 g/mol. The highest BCUT2D eigenvalue weighted by Gasteiger charge is 2.25. The molecule has 0 saturated heterocycles. The van der Waals surface area contributed by atoms with E-state index in [-0.39, 0.29) is 10.6 Å². The molecule has 0 aliphatic carbocycles. The number of benzene rings is 2. The minimum absolute atomic E-state index is 0.00886. The molecule has 2 aromatic carbocycles. The van der Waals surface area contributed by atoms with Crippen LogP contribution in [0.4, 0.5) is 4.39 Å². The number of nitriles is 1. The zero-order chi connectivity index (χ0) is 15.4. The molecule has 0 amide bonds. The molecule has 106 valence electrons. The van der Waals surface area contributed by atoms with Crippen molar-refractivity contribution in [1.29, 1.82) is 5.26 Å². The standard InChI is InChI=1S/C17H13ClFNO/c1-2-11-6-8-12(9-7-11)17(21)14(10-20)13-4-3-5-15(18)16(13)19/h3-9,14H,2H2,1H3. The molecule has 1 unspecified atom stereocenters. The molecule has 2 rings (SSSR count). The van der Waals surface area contributed by atoms with Crippen molar-refractivity contribution < 1.29 is 9.18 Å². The quantitative estimate of drug-likeness (QED) is 0.778. The molecule has 2 nitrogen and oxygen atoms in total. The number of carbonyl (C=O) groups is 1. The first-order valence-electron chi connectivity index (χ1n) is 6.55. The number of hydrogen-bond donors (Lipinski definition) is 0. The fraction of sp³-hybridized carbons (Fsp3) is 0.176. The summed E-state index contributed by atoms with van der Waals surface area (Å²) in [6.07, 6.45) is 0.860. The van der Waals surface area contributed by atoms with E-state index in [0.29, 0.717) is 5.56 Å². The van der Waals surface area contributed by atoms with Crippen molar-refractivity contribution in [2.24, 2.45) is 0 Å². The minimum Gasteiger partial charge on any atom is -0.292 e. The van der Waals surface area contributed by atoms with Crippen molar-refractivity contribution >= 4 is 17.4 Å². The van der Waals surface area contributed by atoms with E-state index in [1.807, 2.05) is 25.1 Å². The Balaban J connectivity index is 2.39. The maximum Gasteiger partial charge on any atom is 0.184 e. The van der Waals surface area contributed by atoms with Crippen LogP contribution in [-0.4, -0.2) is 5.78 Å². The second-order valence-electron chi connectivity index (χ2n) is 4.62. The summed E-state index contributed by atoms with van der Waals surface area (Å²) >= 11 is 5.71. The zero-order valence-electron chi connectivity index (χ0n) is 11.4. The van der Waals surface area contributed by atoms with Crippen LogP contribution in [0.2, 0.25) is 5.02 Å². The highest BCUT2D eigenvalue weighted by Crippen LogP contribution is 2.27. The third-order valence-electron chi connectivity index (χ3n) is 3.33. The van der Waals surface area contributed by atoms with Crippen LogP contribution in [0.25, 0.3) is 0 Å². The fourth-order valence-corrected chi connectivity index (χ4v) is 2.27. The van der Waals surface area contributed by atoms with Gasteiger partial charge in [-0.3, -0.25) is 4.79 Å².